The fraction of sp³-hybridized carbons (Fsp3) is 0.318. The van der Waals surface area contributed by atoms with Crippen LogP contribution in [0, 0.1) is 0 Å². The van der Waals surface area contributed by atoms with E-state index in [1.807, 2.05) is 24.3 Å². The van der Waals surface area contributed by atoms with Crippen LogP contribution in [0.4, 0.5) is 0 Å². The molecule has 29 heavy (non-hydrogen) atoms. The molecule has 0 unspecified atom stereocenters. The van der Waals surface area contributed by atoms with E-state index in [1.54, 1.807) is 24.3 Å². The Morgan fingerprint density at radius 2 is 1.59 bits per heavy atom. The van der Waals surface area contributed by atoms with Gasteiger partial charge in [0, 0.05) is 29.5 Å². The van der Waals surface area contributed by atoms with Crippen LogP contribution in [0.15, 0.2) is 48.5 Å². The second kappa shape index (κ2) is 8.35. The Balaban J connectivity index is 1.26. The maximum atomic E-state index is 12.4. The van der Waals surface area contributed by atoms with Gasteiger partial charge in [-0.3, -0.25) is 19.3 Å². The highest BCUT2D eigenvalue weighted by molar-refractivity contribution is 6.30. The third kappa shape index (κ3) is 4.33. The Bertz CT molecular complexity index is 902. The number of rotatable bonds is 5. The summed E-state index contributed by atoms with van der Waals surface area (Å²) in [5.41, 5.74) is 1.98. The number of imide groups is 1. The lowest BCUT2D eigenvalue weighted by atomic mass is 10.0. The van der Waals surface area contributed by atoms with E-state index in [-0.39, 0.29) is 18.5 Å². The van der Waals surface area contributed by atoms with Crippen molar-refractivity contribution in [1.82, 2.24) is 10.2 Å². The monoisotopic (exact) mass is 412 g/mol. The van der Waals surface area contributed by atoms with Crippen molar-refractivity contribution in [3.8, 4) is 0 Å². The van der Waals surface area contributed by atoms with Crippen molar-refractivity contribution in [1.29, 1.82) is 0 Å². The summed E-state index contributed by atoms with van der Waals surface area (Å²) in [5, 5.41) is 3.73. The Labute approximate surface area is 174 Å². The zero-order chi connectivity index (χ0) is 20.4. The van der Waals surface area contributed by atoms with E-state index in [9.17, 15) is 14.4 Å². The second-order valence-corrected chi connectivity index (χ2v) is 8.07. The number of amides is 3. The van der Waals surface area contributed by atoms with Gasteiger partial charge in [-0.2, -0.15) is 0 Å². The molecule has 0 aromatic heterocycles. The van der Waals surface area contributed by atoms with Gasteiger partial charge in [-0.1, -0.05) is 35.9 Å². The van der Waals surface area contributed by atoms with Gasteiger partial charge < -0.3 is 10.2 Å². The lowest BCUT2D eigenvalue weighted by molar-refractivity contribution is -0.918. The highest BCUT2D eigenvalue weighted by atomic mass is 35.5. The quantitative estimate of drug-likeness (QED) is 0.727. The minimum absolute atomic E-state index is 0.0756. The molecule has 6 nitrogen and oxygen atoms in total. The normalized spacial score (nSPS) is 21.2. The molecule has 1 saturated heterocycles. The summed E-state index contributed by atoms with van der Waals surface area (Å²) in [6.45, 7) is 2.62. The highest BCUT2D eigenvalue weighted by Gasteiger charge is 2.36. The number of piperidine rings is 1. The van der Waals surface area contributed by atoms with Gasteiger partial charge in [0.15, 0.2) is 0 Å². The summed E-state index contributed by atoms with van der Waals surface area (Å²) < 4.78 is 0. The van der Waals surface area contributed by atoms with Crippen LogP contribution in [-0.4, -0.2) is 48.3 Å². The maximum Gasteiger partial charge on any atom is 0.262 e. The molecule has 2 aromatic carbocycles. The van der Waals surface area contributed by atoms with E-state index >= 15 is 0 Å². The van der Waals surface area contributed by atoms with Gasteiger partial charge >= 0.3 is 0 Å². The van der Waals surface area contributed by atoms with Crippen LogP contribution in [0.25, 0.3) is 0 Å². The Kier molecular flexibility index (Phi) is 5.65. The maximum absolute atomic E-state index is 12.4. The number of nitrogens with zero attached hydrogens (tertiary/aromatic N) is 1. The molecule has 2 heterocycles. The Hall–Kier alpha value is -2.70. The molecule has 0 spiro atoms. The van der Waals surface area contributed by atoms with Crippen LogP contribution >= 0.6 is 11.6 Å². The SMILES string of the molecule is O=C(CN1C(=O)c2ccccc2C1=O)NC1CC[NH+](Cc2ccc(Cl)cc2)CC1. The second-order valence-electron chi connectivity index (χ2n) is 7.64. The average Bonchev–Trinajstić information content (AvgIpc) is 2.96. The molecule has 3 amide bonds. The number of hydrogen-bond acceptors (Lipinski definition) is 3. The first-order valence-corrected chi connectivity index (χ1v) is 10.2. The van der Waals surface area contributed by atoms with Crippen molar-refractivity contribution >= 4 is 29.3 Å². The molecule has 2 aliphatic heterocycles. The molecule has 7 heteroatoms. The number of halogens is 1. The van der Waals surface area contributed by atoms with E-state index in [0.29, 0.717) is 11.1 Å². The van der Waals surface area contributed by atoms with Gasteiger partial charge in [0.05, 0.1) is 24.2 Å². The molecule has 1 fully saturated rings. The lowest BCUT2D eigenvalue weighted by Crippen LogP contribution is -3.12. The largest absolute Gasteiger partial charge is 0.351 e. The fourth-order valence-electron chi connectivity index (χ4n) is 4.04. The van der Waals surface area contributed by atoms with Gasteiger partial charge in [-0.15, -0.1) is 0 Å². The van der Waals surface area contributed by atoms with Crippen LogP contribution < -0.4 is 10.2 Å². The topological polar surface area (TPSA) is 70.9 Å². The van der Waals surface area contributed by atoms with Crippen molar-refractivity contribution in [2.45, 2.75) is 25.4 Å². The molecule has 0 bridgehead atoms. The molecule has 0 atom stereocenters. The average molecular weight is 413 g/mol. The Morgan fingerprint density at radius 3 is 2.17 bits per heavy atom. The zero-order valence-electron chi connectivity index (χ0n) is 16.0. The third-order valence-electron chi connectivity index (χ3n) is 5.61. The van der Waals surface area contributed by atoms with Crippen molar-refractivity contribution in [2.24, 2.45) is 0 Å². The summed E-state index contributed by atoms with van der Waals surface area (Å²) >= 11 is 5.93. The lowest BCUT2D eigenvalue weighted by Gasteiger charge is -2.30. The molecule has 2 aromatic rings. The number of fused-ring (bicyclic) bond motifs is 1. The van der Waals surface area contributed by atoms with Crippen LogP contribution in [0.2, 0.25) is 5.02 Å². The first-order chi connectivity index (χ1) is 14.0. The minimum Gasteiger partial charge on any atom is -0.351 e. The van der Waals surface area contributed by atoms with Crippen molar-refractivity contribution in [2.75, 3.05) is 19.6 Å². The predicted molar refractivity (Wildman–Crippen MR) is 109 cm³/mol. The summed E-state index contributed by atoms with van der Waals surface area (Å²) in [7, 11) is 0. The molecule has 0 saturated carbocycles. The summed E-state index contributed by atoms with van der Waals surface area (Å²) in [5.74, 6) is -1.09. The van der Waals surface area contributed by atoms with Gasteiger partial charge in [0.1, 0.15) is 13.1 Å². The van der Waals surface area contributed by atoms with Crippen LogP contribution in [0.5, 0.6) is 0 Å². The van der Waals surface area contributed by atoms with E-state index in [4.69, 9.17) is 11.6 Å². The molecule has 2 aliphatic rings. The van der Waals surface area contributed by atoms with E-state index in [2.05, 4.69) is 5.32 Å². The fourth-order valence-corrected chi connectivity index (χ4v) is 4.16. The van der Waals surface area contributed by atoms with Crippen molar-refractivity contribution < 1.29 is 19.3 Å². The van der Waals surface area contributed by atoms with Gasteiger partial charge in [-0.25, -0.2) is 0 Å². The first kappa shape index (κ1) is 19.6. The summed E-state index contributed by atoms with van der Waals surface area (Å²) in [6.07, 6.45) is 1.74. The van der Waals surface area contributed by atoms with Crippen LogP contribution in [0.3, 0.4) is 0 Å². The summed E-state index contributed by atoms with van der Waals surface area (Å²) in [6, 6.07) is 14.6. The Morgan fingerprint density at radius 1 is 1.00 bits per heavy atom. The van der Waals surface area contributed by atoms with Crippen LogP contribution in [-0.2, 0) is 11.3 Å². The number of quaternary nitrogens is 1. The molecular weight excluding hydrogens is 390 g/mol. The molecule has 0 aliphatic carbocycles. The number of likely N-dealkylation sites (tertiary alicyclic amines) is 1. The predicted octanol–water partition coefficient (Wildman–Crippen LogP) is 1.30. The van der Waals surface area contributed by atoms with Gasteiger partial charge in [-0.05, 0) is 24.3 Å². The van der Waals surface area contributed by atoms with Gasteiger partial charge in [0.2, 0.25) is 5.91 Å². The first-order valence-electron chi connectivity index (χ1n) is 9.84. The summed E-state index contributed by atoms with van der Waals surface area (Å²) in [4.78, 5) is 39.7. The standard InChI is InChI=1S/C22H22ClN3O3/c23-16-7-5-15(6-8-16)13-25-11-9-17(10-12-25)24-20(27)14-26-21(28)18-3-1-2-4-19(18)22(26)29/h1-8,17H,9-14H2,(H,24,27)/p+1. The third-order valence-corrected chi connectivity index (χ3v) is 5.86. The number of carbonyl (C=O) groups excluding carboxylic acids is 3. The highest BCUT2D eigenvalue weighted by Crippen LogP contribution is 2.22. The number of hydrogen-bond donors (Lipinski definition) is 2. The van der Waals surface area contributed by atoms with E-state index < -0.39 is 11.8 Å². The number of carbonyl (C=O) groups is 3. The molecular formula is C22H23ClN3O3+. The van der Waals surface area contributed by atoms with Gasteiger partial charge in [0.25, 0.3) is 11.8 Å². The molecule has 0 radical (unpaired) electrons. The van der Waals surface area contributed by atoms with E-state index in [0.717, 1.165) is 42.4 Å². The van der Waals surface area contributed by atoms with Crippen molar-refractivity contribution in [3.63, 3.8) is 0 Å². The zero-order valence-corrected chi connectivity index (χ0v) is 16.7. The molecule has 150 valence electrons. The molecule has 4 rings (SSSR count). The van der Waals surface area contributed by atoms with E-state index in [1.165, 1.54) is 10.5 Å². The smallest absolute Gasteiger partial charge is 0.262 e. The minimum atomic E-state index is -0.400. The number of benzene rings is 2. The van der Waals surface area contributed by atoms with Crippen molar-refractivity contribution in [3.05, 3.63) is 70.2 Å². The number of nitrogens with one attached hydrogen (secondary N) is 2. The van der Waals surface area contributed by atoms with Crippen LogP contribution in [0.1, 0.15) is 39.1 Å². The molecule has 2 N–H and O–H groups in total.